The zero-order valence-corrected chi connectivity index (χ0v) is 15.8. The van der Waals surface area contributed by atoms with Gasteiger partial charge < -0.3 is 15.5 Å². The van der Waals surface area contributed by atoms with Crippen molar-refractivity contribution in [1.29, 1.82) is 0 Å². The standard InChI is InChI=1S/C21H22F3N3O2/c22-21(23,24)15-6-5-7-16(14-15)26-18-9-2-1-8-17(18)20(29)25-11-10-19(28)27-12-3-4-13-27/h1-2,5-9,14,26H,3-4,10-13H2,(H,25,29). The minimum absolute atomic E-state index is 0.0122. The van der Waals surface area contributed by atoms with Gasteiger partial charge in [0, 0.05) is 31.7 Å². The van der Waals surface area contributed by atoms with Crippen LogP contribution in [0.25, 0.3) is 0 Å². The first-order valence-electron chi connectivity index (χ1n) is 9.44. The van der Waals surface area contributed by atoms with Crippen molar-refractivity contribution >= 4 is 23.2 Å². The highest BCUT2D eigenvalue weighted by Gasteiger charge is 2.30. The number of anilines is 2. The summed E-state index contributed by atoms with van der Waals surface area (Å²) < 4.78 is 38.7. The zero-order valence-electron chi connectivity index (χ0n) is 15.8. The van der Waals surface area contributed by atoms with E-state index in [4.69, 9.17) is 0 Å². The van der Waals surface area contributed by atoms with Gasteiger partial charge >= 0.3 is 6.18 Å². The van der Waals surface area contributed by atoms with E-state index in [2.05, 4.69) is 10.6 Å². The molecule has 2 aromatic carbocycles. The van der Waals surface area contributed by atoms with Gasteiger partial charge in [0.25, 0.3) is 5.91 Å². The van der Waals surface area contributed by atoms with Gasteiger partial charge in [-0.2, -0.15) is 13.2 Å². The maximum absolute atomic E-state index is 12.9. The lowest BCUT2D eigenvalue weighted by Gasteiger charge is -2.16. The molecule has 29 heavy (non-hydrogen) atoms. The lowest BCUT2D eigenvalue weighted by atomic mass is 10.1. The fourth-order valence-corrected chi connectivity index (χ4v) is 3.22. The van der Waals surface area contributed by atoms with Crippen molar-refractivity contribution in [2.24, 2.45) is 0 Å². The Labute approximate surface area is 166 Å². The lowest BCUT2D eigenvalue weighted by Crippen LogP contribution is -2.32. The van der Waals surface area contributed by atoms with Crippen molar-refractivity contribution < 1.29 is 22.8 Å². The van der Waals surface area contributed by atoms with Crippen molar-refractivity contribution in [3.05, 3.63) is 59.7 Å². The van der Waals surface area contributed by atoms with E-state index >= 15 is 0 Å². The molecule has 0 saturated carbocycles. The zero-order chi connectivity index (χ0) is 20.9. The minimum Gasteiger partial charge on any atom is -0.355 e. The van der Waals surface area contributed by atoms with E-state index in [9.17, 15) is 22.8 Å². The molecule has 1 aliphatic rings. The summed E-state index contributed by atoms with van der Waals surface area (Å²) in [4.78, 5) is 26.4. The molecule has 8 heteroatoms. The highest BCUT2D eigenvalue weighted by Crippen LogP contribution is 2.31. The Morgan fingerprint density at radius 1 is 1.00 bits per heavy atom. The summed E-state index contributed by atoms with van der Waals surface area (Å²) in [5.41, 5.74) is 0.128. The third-order valence-electron chi connectivity index (χ3n) is 4.72. The molecular weight excluding hydrogens is 383 g/mol. The summed E-state index contributed by atoms with van der Waals surface area (Å²) in [5.74, 6) is -0.382. The van der Waals surface area contributed by atoms with Crippen LogP contribution in [0.5, 0.6) is 0 Å². The average molecular weight is 405 g/mol. The van der Waals surface area contributed by atoms with Gasteiger partial charge in [-0.3, -0.25) is 9.59 Å². The fraction of sp³-hybridized carbons (Fsp3) is 0.333. The van der Waals surface area contributed by atoms with Gasteiger partial charge in [-0.05, 0) is 43.2 Å². The predicted octanol–water partition coefficient (Wildman–Crippen LogP) is 4.19. The number of alkyl halides is 3. The number of likely N-dealkylation sites (tertiary alicyclic amines) is 1. The van der Waals surface area contributed by atoms with Crippen LogP contribution in [0, 0.1) is 0 Å². The Bertz CT molecular complexity index is 877. The van der Waals surface area contributed by atoms with Crippen LogP contribution in [0.1, 0.15) is 35.2 Å². The minimum atomic E-state index is -4.45. The molecule has 2 N–H and O–H groups in total. The van der Waals surface area contributed by atoms with Crippen molar-refractivity contribution in [1.82, 2.24) is 10.2 Å². The first kappa shape index (κ1) is 20.7. The van der Waals surface area contributed by atoms with Gasteiger partial charge in [0.2, 0.25) is 5.91 Å². The monoisotopic (exact) mass is 405 g/mol. The van der Waals surface area contributed by atoms with E-state index in [1.165, 1.54) is 12.1 Å². The van der Waals surface area contributed by atoms with Crippen molar-refractivity contribution in [2.45, 2.75) is 25.4 Å². The summed E-state index contributed by atoms with van der Waals surface area (Å²) >= 11 is 0. The molecule has 0 aromatic heterocycles. The second-order valence-electron chi connectivity index (χ2n) is 6.84. The molecular formula is C21H22F3N3O2. The third-order valence-corrected chi connectivity index (χ3v) is 4.72. The molecule has 2 amide bonds. The molecule has 0 radical (unpaired) electrons. The van der Waals surface area contributed by atoms with Gasteiger partial charge in [-0.25, -0.2) is 0 Å². The highest BCUT2D eigenvalue weighted by atomic mass is 19.4. The molecule has 0 aliphatic carbocycles. The van der Waals surface area contributed by atoms with Crippen LogP contribution in [0.15, 0.2) is 48.5 Å². The van der Waals surface area contributed by atoms with E-state index in [1.807, 2.05) is 0 Å². The molecule has 0 bridgehead atoms. The lowest BCUT2D eigenvalue weighted by molar-refractivity contribution is -0.137. The quantitative estimate of drug-likeness (QED) is 0.758. The topological polar surface area (TPSA) is 61.4 Å². The summed E-state index contributed by atoms with van der Waals surface area (Å²) in [6, 6.07) is 11.3. The van der Waals surface area contributed by atoms with E-state index in [0.717, 1.165) is 38.1 Å². The summed E-state index contributed by atoms with van der Waals surface area (Å²) in [7, 11) is 0. The molecule has 0 unspecified atom stereocenters. The molecule has 154 valence electrons. The molecule has 5 nitrogen and oxygen atoms in total. The molecule has 3 rings (SSSR count). The molecule has 1 heterocycles. The number of carbonyl (C=O) groups excluding carboxylic acids is 2. The molecule has 0 spiro atoms. The van der Waals surface area contributed by atoms with Crippen LogP contribution in [-0.2, 0) is 11.0 Å². The van der Waals surface area contributed by atoms with Crippen LogP contribution >= 0.6 is 0 Å². The molecule has 1 aliphatic heterocycles. The molecule has 0 atom stereocenters. The third kappa shape index (κ3) is 5.49. The number of hydrogen-bond donors (Lipinski definition) is 2. The van der Waals surface area contributed by atoms with Crippen molar-refractivity contribution in [3.63, 3.8) is 0 Å². The average Bonchev–Trinajstić information content (AvgIpc) is 3.23. The summed E-state index contributed by atoms with van der Waals surface area (Å²) in [6.45, 7) is 1.72. The van der Waals surface area contributed by atoms with Crippen LogP contribution in [0.4, 0.5) is 24.5 Å². The van der Waals surface area contributed by atoms with Crippen molar-refractivity contribution in [2.75, 3.05) is 25.0 Å². The van der Waals surface area contributed by atoms with E-state index in [-0.39, 0.29) is 24.6 Å². The first-order chi connectivity index (χ1) is 13.8. The second kappa shape index (κ2) is 8.98. The maximum atomic E-state index is 12.9. The first-order valence-corrected chi connectivity index (χ1v) is 9.44. The predicted molar refractivity (Wildman–Crippen MR) is 104 cm³/mol. The normalized spacial score (nSPS) is 14.0. The Hall–Kier alpha value is -3.03. The van der Waals surface area contributed by atoms with Crippen LogP contribution < -0.4 is 10.6 Å². The summed E-state index contributed by atoms with van der Waals surface area (Å²) in [5, 5.41) is 5.58. The Morgan fingerprint density at radius 3 is 2.45 bits per heavy atom. The maximum Gasteiger partial charge on any atom is 0.416 e. The number of hydrogen-bond acceptors (Lipinski definition) is 3. The van der Waals surface area contributed by atoms with Crippen LogP contribution in [-0.4, -0.2) is 36.3 Å². The number of nitrogens with zero attached hydrogens (tertiary/aromatic N) is 1. The van der Waals surface area contributed by atoms with Gasteiger partial charge in [0.1, 0.15) is 0 Å². The Kier molecular flexibility index (Phi) is 6.41. The number of para-hydroxylation sites is 1. The SMILES string of the molecule is O=C(NCCC(=O)N1CCCC1)c1ccccc1Nc1cccc(C(F)(F)F)c1. The van der Waals surface area contributed by atoms with Crippen LogP contribution in [0.2, 0.25) is 0 Å². The van der Waals surface area contributed by atoms with E-state index < -0.39 is 17.6 Å². The smallest absolute Gasteiger partial charge is 0.355 e. The van der Waals surface area contributed by atoms with Gasteiger partial charge in [-0.15, -0.1) is 0 Å². The second-order valence-corrected chi connectivity index (χ2v) is 6.84. The number of halogens is 3. The molecule has 1 saturated heterocycles. The number of benzene rings is 2. The highest BCUT2D eigenvalue weighted by molar-refractivity contribution is 6.00. The van der Waals surface area contributed by atoms with Crippen LogP contribution in [0.3, 0.4) is 0 Å². The number of amides is 2. The Balaban J connectivity index is 1.64. The molecule has 2 aromatic rings. The number of rotatable bonds is 6. The Morgan fingerprint density at radius 2 is 1.72 bits per heavy atom. The largest absolute Gasteiger partial charge is 0.416 e. The van der Waals surface area contributed by atoms with Crippen molar-refractivity contribution in [3.8, 4) is 0 Å². The van der Waals surface area contributed by atoms with E-state index in [0.29, 0.717) is 11.3 Å². The molecule has 1 fully saturated rings. The number of carbonyl (C=O) groups is 2. The van der Waals surface area contributed by atoms with Gasteiger partial charge in [0.15, 0.2) is 0 Å². The van der Waals surface area contributed by atoms with E-state index in [1.54, 1.807) is 29.2 Å². The van der Waals surface area contributed by atoms with Gasteiger partial charge in [-0.1, -0.05) is 18.2 Å². The fourth-order valence-electron chi connectivity index (χ4n) is 3.22. The summed E-state index contributed by atoms with van der Waals surface area (Å²) in [6.07, 6.45) is -2.22. The number of nitrogens with one attached hydrogen (secondary N) is 2. The van der Waals surface area contributed by atoms with Gasteiger partial charge in [0.05, 0.1) is 16.8 Å².